The van der Waals surface area contributed by atoms with Crippen molar-refractivity contribution in [3.8, 4) is 5.75 Å². The van der Waals surface area contributed by atoms with Crippen molar-refractivity contribution in [2.24, 2.45) is 0 Å². The summed E-state index contributed by atoms with van der Waals surface area (Å²) >= 11 is 1.67. The number of thioether (sulfide) groups is 1. The molecule has 16 heavy (non-hydrogen) atoms. The molecule has 0 radical (unpaired) electrons. The Labute approximate surface area is 98.1 Å². The van der Waals surface area contributed by atoms with Gasteiger partial charge in [-0.1, -0.05) is 12.1 Å². The van der Waals surface area contributed by atoms with Gasteiger partial charge in [-0.3, -0.25) is 4.98 Å². The van der Waals surface area contributed by atoms with E-state index >= 15 is 0 Å². The number of fused-ring (bicyclic) bond motifs is 1. The number of aliphatic hydroxyl groups excluding tert-OH is 1. The van der Waals surface area contributed by atoms with Crippen molar-refractivity contribution in [1.29, 1.82) is 0 Å². The summed E-state index contributed by atoms with van der Waals surface area (Å²) in [6.45, 7) is 0.193. The van der Waals surface area contributed by atoms with Crippen LogP contribution in [0.15, 0.2) is 30.5 Å². The summed E-state index contributed by atoms with van der Waals surface area (Å²) in [5.74, 6) is 1.76. The van der Waals surface area contributed by atoms with E-state index in [4.69, 9.17) is 5.11 Å². The normalized spacial score (nSPS) is 10.8. The first-order valence-corrected chi connectivity index (χ1v) is 6.22. The molecular weight excluding hydrogens is 222 g/mol. The molecular formula is C12H13NO2S. The molecule has 1 aromatic carbocycles. The molecule has 0 fully saturated rings. The second-order valence-corrected chi connectivity index (χ2v) is 4.52. The van der Waals surface area contributed by atoms with Gasteiger partial charge < -0.3 is 10.2 Å². The van der Waals surface area contributed by atoms with Gasteiger partial charge >= 0.3 is 0 Å². The standard InChI is InChI=1S/C12H13NO2S/c14-6-7-16-8-9-3-4-11(15)12-10(9)2-1-5-13-12/h1-5,14-15H,6-8H2. The zero-order valence-electron chi connectivity index (χ0n) is 8.76. The van der Waals surface area contributed by atoms with Crippen LogP contribution in [0, 0.1) is 0 Å². The SMILES string of the molecule is OCCSCc1ccc(O)c2ncccc12. The molecule has 0 saturated carbocycles. The fourth-order valence-corrected chi connectivity index (χ4v) is 2.33. The average Bonchev–Trinajstić information content (AvgIpc) is 2.33. The molecule has 2 aromatic rings. The van der Waals surface area contributed by atoms with Gasteiger partial charge in [0.05, 0.1) is 6.61 Å². The first-order chi connectivity index (χ1) is 7.83. The number of aromatic nitrogens is 1. The van der Waals surface area contributed by atoms with Crippen molar-refractivity contribution in [2.75, 3.05) is 12.4 Å². The summed E-state index contributed by atoms with van der Waals surface area (Å²) in [6.07, 6.45) is 1.67. The van der Waals surface area contributed by atoms with Crippen molar-refractivity contribution in [3.05, 3.63) is 36.0 Å². The van der Waals surface area contributed by atoms with Crippen LogP contribution in [0.1, 0.15) is 5.56 Å². The van der Waals surface area contributed by atoms with Gasteiger partial charge in [0.1, 0.15) is 11.3 Å². The van der Waals surface area contributed by atoms with E-state index in [1.54, 1.807) is 24.0 Å². The number of phenols is 1. The van der Waals surface area contributed by atoms with Crippen LogP contribution in [-0.2, 0) is 5.75 Å². The zero-order valence-corrected chi connectivity index (χ0v) is 9.57. The average molecular weight is 235 g/mol. The van der Waals surface area contributed by atoms with Crippen molar-refractivity contribution >= 4 is 22.7 Å². The van der Waals surface area contributed by atoms with Gasteiger partial charge in [-0.2, -0.15) is 11.8 Å². The minimum atomic E-state index is 0.193. The highest BCUT2D eigenvalue weighted by atomic mass is 32.2. The van der Waals surface area contributed by atoms with Crippen LogP contribution in [0.25, 0.3) is 10.9 Å². The van der Waals surface area contributed by atoms with Crippen LogP contribution in [0.5, 0.6) is 5.75 Å². The number of aromatic hydroxyl groups is 1. The first kappa shape index (κ1) is 11.2. The Morgan fingerprint density at radius 2 is 2.12 bits per heavy atom. The molecule has 2 rings (SSSR count). The number of rotatable bonds is 4. The molecule has 0 unspecified atom stereocenters. The van der Waals surface area contributed by atoms with Crippen LogP contribution in [0.2, 0.25) is 0 Å². The fraction of sp³-hybridized carbons (Fsp3) is 0.250. The van der Waals surface area contributed by atoms with Gasteiger partial charge in [-0.25, -0.2) is 0 Å². The molecule has 2 N–H and O–H groups in total. The fourth-order valence-electron chi connectivity index (χ4n) is 1.59. The van der Waals surface area contributed by atoms with E-state index in [1.807, 2.05) is 18.2 Å². The van der Waals surface area contributed by atoms with E-state index in [0.717, 1.165) is 22.5 Å². The third-order valence-electron chi connectivity index (χ3n) is 2.33. The largest absolute Gasteiger partial charge is 0.506 e. The van der Waals surface area contributed by atoms with E-state index in [1.165, 1.54) is 0 Å². The van der Waals surface area contributed by atoms with Crippen LogP contribution >= 0.6 is 11.8 Å². The highest BCUT2D eigenvalue weighted by Gasteiger charge is 2.05. The molecule has 0 spiro atoms. The van der Waals surface area contributed by atoms with Gasteiger partial charge in [0, 0.05) is 23.1 Å². The Hall–Kier alpha value is -1.26. The minimum absolute atomic E-state index is 0.193. The van der Waals surface area contributed by atoms with Crippen LogP contribution in [0.4, 0.5) is 0 Å². The maximum absolute atomic E-state index is 9.66. The lowest BCUT2D eigenvalue weighted by molar-refractivity contribution is 0.322. The molecule has 0 aliphatic carbocycles. The van der Waals surface area contributed by atoms with Gasteiger partial charge in [0.15, 0.2) is 0 Å². The summed E-state index contributed by atoms with van der Waals surface area (Å²) in [5.41, 5.74) is 1.78. The van der Waals surface area contributed by atoms with Gasteiger partial charge in [0.25, 0.3) is 0 Å². The lowest BCUT2D eigenvalue weighted by Crippen LogP contribution is -1.90. The van der Waals surface area contributed by atoms with E-state index < -0.39 is 0 Å². The maximum atomic E-state index is 9.66. The molecule has 84 valence electrons. The molecule has 0 aliphatic heterocycles. The molecule has 0 saturated heterocycles. The Morgan fingerprint density at radius 1 is 1.25 bits per heavy atom. The highest BCUT2D eigenvalue weighted by molar-refractivity contribution is 7.98. The maximum Gasteiger partial charge on any atom is 0.141 e. The molecule has 4 heteroatoms. The van der Waals surface area contributed by atoms with E-state index in [2.05, 4.69) is 4.98 Å². The number of aliphatic hydroxyl groups is 1. The number of nitrogens with zero attached hydrogens (tertiary/aromatic N) is 1. The smallest absolute Gasteiger partial charge is 0.141 e. The number of phenolic OH excluding ortho intramolecular Hbond substituents is 1. The summed E-state index contributed by atoms with van der Waals surface area (Å²) < 4.78 is 0. The number of hydrogen-bond acceptors (Lipinski definition) is 4. The number of benzene rings is 1. The van der Waals surface area contributed by atoms with E-state index in [0.29, 0.717) is 5.52 Å². The third kappa shape index (κ3) is 2.28. The third-order valence-corrected chi connectivity index (χ3v) is 3.32. The Kier molecular flexibility index (Phi) is 3.64. The van der Waals surface area contributed by atoms with Crippen molar-refractivity contribution < 1.29 is 10.2 Å². The number of pyridine rings is 1. The first-order valence-electron chi connectivity index (χ1n) is 5.07. The van der Waals surface area contributed by atoms with E-state index in [-0.39, 0.29) is 12.4 Å². The summed E-state index contributed by atoms with van der Waals surface area (Å²) in [6, 6.07) is 7.40. The Morgan fingerprint density at radius 3 is 2.94 bits per heavy atom. The summed E-state index contributed by atoms with van der Waals surface area (Å²) in [4.78, 5) is 4.16. The predicted molar refractivity (Wildman–Crippen MR) is 66.7 cm³/mol. The molecule has 1 heterocycles. The lowest BCUT2D eigenvalue weighted by atomic mass is 10.1. The topological polar surface area (TPSA) is 53.4 Å². The second-order valence-electron chi connectivity index (χ2n) is 3.42. The summed E-state index contributed by atoms with van der Waals surface area (Å²) in [7, 11) is 0. The molecule has 0 atom stereocenters. The molecule has 3 nitrogen and oxygen atoms in total. The number of hydrogen-bond donors (Lipinski definition) is 2. The lowest BCUT2D eigenvalue weighted by Gasteiger charge is -2.06. The van der Waals surface area contributed by atoms with E-state index in [9.17, 15) is 5.11 Å². The zero-order chi connectivity index (χ0) is 11.4. The molecule has 0 amide bonds. The molecule has 1 aromatic heterocycles. The molecule has 0 bridgehead atoms. The Balaban J connectivity index is 2.35. The Bertz CT molecular complexity index is 487. The molecule has 0 aliphatic rings. The van der Waals surface area contributed by atoms with Gasteiger partial charge in [-0.05, 0) is 17.7 Å². The van der Waals surface area contributed by atoms with Crippen LogP contribution in [-0.4, -0.2) is 27.6 Å². The van der Waals surface area contributed by atoms with Gasteiger partial charge in [0.2, 0.25) is 0 Å². The van der Waals surface area contributed by atoms with Crippen LogP contribution in [0.3, 0.4) is 0 Å². The van der Waals surface area contributed by atoms with Crippen molar-refractivity contribution in [2.45, 2.75) is 5.75 Å². The van der Waals surface area contributed by atoms with Crippen LogP contribution < -0.4 is 0 Å². The monoisotopic (exact) mass is 235 g/mol. The van der Waals surface area contributed by atoms with Gasteiger partial charge in [-0.15, -0.1) is 0 Å². The van der Waals surface area contributed by atoms with Crippen molar-refractivity contribution in [3.63, 3.8) is 0 Å². The summed E-state index contributed by atoms with van der Waals surface area (Å²) in [5, 5.41) is 19.4. The van der Waals surface area contributed by atoms with Crippen molar-refractivity contribution in [1.82, 2.24) is 4.98 Å². The predicted octanol–water partition coefficient (Wildman–Crippen LogP) is 2.17. The highest BCUT2D eigenvalue weighted by Crippen LogP contribution is 2.27. The second kappa shape index (κ2) is 5.18. The minimum Gasteiger partial charge on any atom is -0.506 e. The quantitative estimate of drug-likeness (QED) is 0.797.